The maximum Gasteiger partial charge on any atom is 0.222 e. The number of guanidine groups is 1. The van der Waals surface area contributed by atoms with E-state index >= 15 is 0 Å². The SMILES string of the molecule is CCNC(=NCC(CC)Oc1ccccc1F)NCCNC(=O)C(C)C.I. The van der Waals surface area contributed by atoms with E-state index in [1.54, 1.807) is 18.2 Å². The molecule has 1 atom stereocenters. The van der Waals surface area contributed by atoms with Gasteiger partial charge in [0.1, 0.15) is 6.10 Å². The topological polar surface area (TPSA) is 74.8 Å². The fourth-order valence-corrected chi connectivity index (χ4v) is 2.08. The number of nitrogens with zero attached hydrogens (tertiary/aromatic N) is 1. The summed E-state index contributed by atoms with van der Waals surface area (Å²) in [4.78, 5) is 16.0. The standard InChI is InChI=1S/C19H31FN4O2.HI/c1-5-15(26-17-10-8-7-9-16(17)20)13-24-19(21-6-2)23-12-11-22-18(25)14(3)4;/h7-10,14-15H,5-6,11-13H2,1-4H3,(H,22,25)(H2,21,23,24);1H. The Morgan fingerprint density at radius 3 is 2.41 bits per heavy atom. The van der Waals surface area contributed by atoms with E-state index in [-0.39, 0.29) is 53.5 Å². The summed E-state index contributed by atoms with van der Waals surface area (Å²) in [5.41, 5.74) is 0. The quantitative estimate of drug-likeness (QED) is 0.203. The predicted molar refractivity (Wildman–Crippen MR) is 118 cm³/mol. The first kappa shape index (κ1) is 25.4. The van der Waals surface area contributed by atoms with E-state index in [9.17, 15) is 9.18 Å². The van der Waals surface area contributed by atoms with Gasteiger partial charge in [0.2, 0.25) is 5.91 Å². The average Bonchev–Trinajstić information content (AvgIpc) is 2.62. The highest BCUT2D eigenvalue weighted by Gasteiger charge is 2.11. The number of aliphatic imine (C=N–C) groups is 1. The zero-order valence-electron chi connectivity index (χ0n) is 16.5. The number of ether oxygens (including phenoxy) is 1. The second-order valence-corrected chi connectivity index (χ2v) is 6.17. The summed E-state index contributed by atoms with van der Waals surface area (Å²) in [6, 6.07) is 6.36. The van der Waals surface area contributed by atoms with Gasteiger partial charge in [0.15, 0.2) is 17.5 Å². The van der Waals surface area contributed by atoms with Crippen LogP contribution in [0.4, 0.5) is 4.39 Å². The number of benzene rings is 1. The highest BCUT2D eigenvalue weighted by Crippen LogP contribution is 2.18. The minimum Gasteiger partial charge on any atom is -0.485 e. The summed E-state index contributed by atoms with van der Waals surface area (Å²) in [5, 5.41) is 9.15. The molecule has 1 aromatic carbocycles. The van der Waals surface area contributed by atoms with Gasteiger partial charge in [0.05, 0.1) is 6.54 Å². The van der Waals surface area contributed by atoms with Crippen molar-refractivity contribution < 1.29 is 13.9 Å². The van der Waals surface area contributed by atoms with Crippen LogP contribution in [0.15, 0.2) is 29.3 Å². The van der Waals surface area contributed by atoms with Crippen molar-refractivity contribution in [3.63, 3.8) is 0 Å². The van der Waals surface area contributed by atoms with Crippen LogP contribution in [0.5, 0.6) is 5.75 Å². The van der Waals surface area contributed by atoms with Gasteiger partial charge in [0.25, 0.3) is 0 Å². The Bertz CT molecular complexity index is 585. The summed E-state index contributed by atoms with van der Waals surface area (Å²) in [5.74, 6) is 0.502. The largest absolute Gasteiger partial charge is 0.485 e. The van der Waals surface area contributed by atoms with Gasteiger partial charge in [-0.1, -0.05) is 32.9 Å². The Hall–Kier alpha value is -1.58. The summed E-state index contributed by atoms with van der Waals surface area (Å²) in [6.07, 6.45) is 0.491. The minimum atomic E-state index is -0.374. The molecule has 8 heteroatoms. The van der Waals surface area contributed by atoms with Crippen molar-refractivity contribution in [3.8, 4) is 5.75 Å². The second kappa shape index (κ2) is 14.5. The number of carbonyl (C=O) groups is 1. The van der Waals surface area contributed by atoms with Gasteiger partial charge in [-0.3, -0.25) is 4.79 Å². The van der Waals surface area contributed by atoms with Gasteiger partial charge in [-0.05, 0) is 25.5 Å². The molecule has 0 bridgehead atoms. The molecule has 0 spiro atoms. The zero-order chi connectivity index (χ0) is 19.4. The Kier molecular flexibility index (Phi) is 13.6. The minimum absolute atomic E-state index is 0. The number of halogens is 2. The number of hydrogen-bond acceptors (Lipinski definition) is 3. The molecule has 1 unspecified atom stereocenters. The van der Waals surface area contributed by atoms with E-state index in [4.69, 9.17) is 4.74 Å². The summed E-state index contributed by atoms with van der Waals surface area (Å²) < 4.78 is 19.4. The molecule has 1 rings (SSSR count). The fraction of sp³-hybridized carbons (Fsp3) is 0.579. The molecule has 3 N–H and O–H groups in total. The van der Waals surface area contributed by atoms with Crippen molar-refractivity contribution in [1.82, 2.24) is 16.0 Å². The van der Waals surface area contributed by atoms with Crippen molar-refractivity contribution in [2.75, 3.05) is 26.2 Å². The van der Waals surface area contributed by atoms with Crippen molar-refractivity contribution in [2.45, 2.75) is 40.2 Å². The third-order valence-electron chi connectivity index (χ3n) is 3.62. The molecule has 0 aromatic heterocycles. The van der Waals surface area contributed by atoms with Gasteiger partial charge < -0.3 is 20.7 Å². The molecule has 0 radical (unpaired) electrons. The Morgan fingerprint density at radius 2 is 1.81 bits per heavy atom. The normalized spacial score (nSPS) is 12.1. The van der Waals surface area contributed by atoms with E-state index in [1.165, 1.54) is 6.07 Å². The van der Waals surface area contributed by atoms with E-state index in [1.807, 2.05) is 27.7 Å². The van der Waals surface area contributed by atoms with Crippen molar-refractivity contribution in [2.24, 2.45) is 10.9 Å². The van der Waals surface area contributed by atoms with E-state index < -0.39 is 0 Å². The molecule has 1 aromatic rings. The first-order valence-corrected chi connectivity index (χ1v) is 9.18. The highest BCUT2D eigenvalue weighted by atomic mass is 127. The summed E-state index contributed by atoms with van der Waals surface area (Å²) >= 11 is 0. The van der Waals surface area contributed by atoms with E-state index in [0.29, 0.717) is 32.0 Å². The van der Waals surface area contributed by atoms with E-state index in [2.05, 4.69) is 20.9 Å². The molecular weight excluding hydrogens is 462 g/mol. The lowest BCUT2D eigenvalue weighted by molar-refractivity contribution is -0.123. The average molecular weight is 494 g/mol. The van der Waals surface area contributed by atoms with Crippen molar-refractivity contribution in [1.29, 1.82) is 0 Å². The molecule has 0 aliphatic rings. The van der Waals surface area contributed by atoms with Crippen LogP contribution in [0.1, 0.15) is 34.1 Å². The molecule has 0 saturated heterocycles. The van der Waals surface area contributed by atoms with Crippen LogP contribution >= 0.6 is 24.0 Å². The number of para-hydroxylation sites is 1. The van der Waals surface area contributed by atoms with Crippen LogP contribution in [0.25, 0.3) is 0 Å². The third kappa shape index (κ3) is 10.4. The van der Waals surface area contributed by atoms with Gasteiger partial charge in [-0.2, -0.15) is 0 Å². The molecule has 0 saturated carbocycles. The van der Waals surface area contributed by atoms with Crippen LogP contribution in [0.2, 0.25) is 0 Å². The monoisotopic (exact) mass is 494 g/mol. The lowest BCUT2D eigenvalue weighted by Crippen LogP contribution is -2.42. The van der Waals surface area contributed by atoms with Gasteiger partial charge in [-0.25, -0.2) is 9.38 Å². The zero-order valence-corrected chi connectivity index (χ0v) is 18.9. The first-order valence-electron chi connectivity index (χ1n) is 9.18. The first-order chi connectivity index (χ1) is 12.5. The summed E-state index contributed by atoms with van der Waals surface area (Å²) in [7, 11) is 0. The molecule has 0 aliphatic heterocycles. The smallest absolute Gasteiger partial charge is 0.222 e. The summed E-state index contributed by atoms with van der Waals surface area (Å²) in [6.45, 7) is 9.87. The molecule has 6 nitrogen and oxygen atoms in total. The molecule has 0 fully saturated rings. The predicted octanol–water partition coefficient (Wildman–Crippen LogP) is 2.93. The van der Waals surface area contributed by atoms with Crippen LogP contribution in [-0.2, 0) is 4.79 Å². The molecule has 27 heavy (non-hydrogen) atoms. The lowest BCUT2D eigenvalue weighted by atomic mass is 10.2. The lowest BCUT2D eigenvalue weighted by Gasteiger charge is -2.18. The maximum atomic E-state index is 13.7. The molecule has 0 aliphatic carbocycles. The Morgan fingerprint density at radius 1 is 1.15 bits per heavy atom. The second-order valence-electron chi connectivity index (χ2n) is 6.17. The van der Waals surface area contributed by atoms with Gasteiger partial charge >= 0.3 is 0 Å². The van der Waals surface area contributed by atoms with E-state index in [0.717, 1.165) is 6.54 Å². The highest BCUT2D eigenvalue weighted by molar-refractivity contribution is 14.0. The van der Waals surface area contributed by atoms with Gasteiger partial charge in [0, 0.05) is 25.6 Å². The molecule has 0 heterocycles. The van der Waals surface area contributed by atoms with Crippen LogP contribution in [-0.4, -0.2) is 44.1 Å². The van der Waals surface area contributed by atoms with Crippen LogP contribution in [0, 0.1) is 11.7 Å². The van der Waals surface area contributed by atoms with Gasteiger partial charge in [-0.15, -0.1) is 24.0 Å². The number of hydrogen-bond donors (Lipinski definition) is 3. The number of rotatable bonds is 10. The Balaban J connectivity index is 0.00000676. The molecular formula is C19H32FIN4O2. The third-order valence-corrected chi connectivity index (χ3v) is 3.62. The Labute approximate surface area is 178 Å². The van der Waals surface area contributed by atoms with Crippen molar-refractivity contribution >= 4 is 35.8 Å². The van der Waals surface area contributed by atoms with Crippen molar-refractivity contribution in [3.05, 3.63) is 30.1 Å². The molecule has 1 amide bonds. The molecule has 154 valence electrons. The maximum absolute atomic E-state index is 13.7. The number of amides is 1. The number of carbonyl (C=O) groups excluding carboxylic acids is 1. The van der Waals surface area contributed by atoms with Crippen LogP contribution < -0.4 is 20.7 Å². The fourth-order valence-electron chi connectivity index (χ4n) is 2.08. The van der Waals surface area contributed by atoms with Crippen LogP contribution in [0.3, 0.4) is 0 Å². The number of nitrogens with one attached hydrogen (secondary N) is 3.